The molecule has 1 aliphatic heterocycles. The standard InChI is InChI=1S/C9H13Br2N/c1-3-7-4-8(11)9(5-10)12(2)6-7/h4H,3,5-6H2,1-2H3. The molecule has 1 heterocycles. The Morgan fingerprint density at radius 1 is 1.58 bits per heavy atom. The average Bonchev–Trinajstić information content (AvgIpc) is 2.03. The molecular weight excluding hydrogens is 282 g/mol. The van der Waals surface area contributed by atoms with E-state index >= 15 is 0 Å². The lowest BCUT2D eigenvalue weighted by Gasteiger charge is -2.27. The second-order valence-corrected chi connectivity index (χ2v) is 4.36. The Kier molecular flexibility index (Phi) is 3.84. The van der Waals surface area contributed by atoms with Gasteiger partial charge in [0, 0.05) is 29.1 Å². The maximum atomic E-state index is 3.57. The lowest BCUT2D eigenvalue weighted by molar-refractivity contribution is 0.445. The van der Waals surface area contributed by atoms with Crippen LogP contribution < -0.4 is 0 Å². The summed E-state index contributed by atoms with van der Waals surface area (Å²) in [7, 11) is 2.13. The summed E-state index contributed by atoms with van der Waals surface area (Å²) in [5.74, 6) is 0. The molecule has 0 atom stereocenters. The molecule has 1 nitrogen and oxygen atoms in total. The first-order chi connectivity index (χ1) is 5.69. The van der Waals surface area contributed by atoms with Crippen LogP contribution in [0.25, 0.3) is 0 Å². The lowest BCUT2D eigenvalue weighted by Crippen LogP contribution is -2.24. The van der Waals surface area contributed by atoms with Crippen molar-refractivity contribution in [3.05, 3.63) is 21.8 Å². The Balaban J connectivity index is 2.89. The summed E-state index contributed by atoms with van der Waals surface area (Å²) < 4.78 is 1.21. The van der Waals surface area contributed by atoms with E-state index in [1.54, 1.807) is 0 Å². The smallest absolute Gasteiger partial charge is 0.0444 e. The summed E-state index contributed by atoms with van der Waals surface area (Å²) in [4.78, 5) is 2.28. The third-order valence-electron chi connectivity index (χ3n) is 2.09. The predicted molar refractivity (Wildman–Crippen MR) is 60.8 cm³/mol. The molecule has 1 aliphatic rings. The van der Waals surface area contributed by atoms with Crippen LogP contribution in [0.15, 0.2) is 21.8 Å². The molecule has 3 heteroatoms. The molecule has 0 radical (unpaired) electrons. The van der Waals surface area contributed by atoms with Crippen molar-refractivity contribution in [3.8, 4) is 0 Å². The Labute approximate surface area is 90.8 Å². The van der Waals surface area contributed by atoms with Gasteiger partial charge in [-0.3, -0.25) is 0 Å². The normalized spacial score (nSPS) is 18.3. The summed E-state index contributed by atoms with van der Waals surface area (Å²) >= 11 is 7.04. The van der Waals surface area contributed by atoms with Crippen molar-refractivity contribution < 1.29 is 0 Å². The zero-order chi connectivity index (χ0) is 9.14. The molecule has 0 saturated heterocycles. The Bertz CT molecular complexity index is 231. The maximum absolute atomic E-state index is 3.57. The van der Waals surface area contributed by atoms with E-state index in [9.17, 15) is 0 Å². The largest absolute Gasteiger partial charge is 0.372 e. The summed E-state index contributed by atoms with van der Waals surface area (Å²) in [6, 6.07) is 0. The maximum Gasteiger partial charge on any atom is 0.0444 e. The molecule has 0 aromatic carbocycles. The number of likely N-dealkylation sites (N-methyl/N-ethyl adjacent to an activating group) is 1. The van der Waals surface area contributed by atoms with Crippen molar-refractivity contribution in [2.24, 2.45) is 0 Å². The number of rotatable bonds is 2. The van der Waals surface area contributed by atoms with E-state index in [-0.39, 0.29) is 0 Å². The SMILES string of the molecule is CCC1=CC(Br)=C(CBr)N(C)C1. The Morgan fingerprint density at radius 3 is 2.67 bits per heavy atom. The molecule has 0 aromatic rings. The zero-order valence-corrected chi connectivity index (χ0v) is 10.6. The summed E-state index contributed by atoms with van der Waals surface area (Å²) in [5, 5.41) is 0.914. The van der Waals surface area contributed by atoms with Crippen molar-refractivity contribution >= 4 is 31.9 Å². The van der Waals surface area contributed by atoms with Gasteiger partial charge in [-0.25, -0.2) is 0 Å². The van der Waals surface area contributed by atoms with Gasteiger partial charge in [-0.05, 0) is 28.4 Å². The Hall–Kier alpha value is 0.240. The van der Waals surface area contributed by atoms with Crippen LogP contribution in [0.4, 0.5) is 0 Å². The van der Waals surface area contributed by atoms with Gasteiger partial charge in [-0.15, -0.1) is 0 Å². The monoisotopic (exact) mass is 293 g/mol. The molecule has 0 fully saturated rings. The Morgan fingerprint density at radius 2 is 2.25 bits per heavy atom. The molecule has 0 amide bonds. The fourth-order valence-electron chi connectivity index (χ4n) is 1.27. The highest BCUT2D eigenvalue weighted by Crippen LogP contribution is 2.26. The van der Waals surface area contributed by atoms with Gasteiger partial charge >= 0.3 is 0 Å². The second-order valence-electron chi connectivity index (χ2n) is 2.94. The van der Waals surface area contributed by atoms with Crippen LogP contribution in [-0.2, 0) is 0 Å². The minimum Gasteiger partial charge on any atom is -0.372 e. The molecule has 0 saturated carbocycles. The van der Waals surface area contributed by atoms with Crippen LogP contribution in [0, 0.1) is 0 Å². The van der Waals surface area contributed by atoms with Crippen LogP contribution in [0.2, 0.25) is 0 Å². The van der Waals surface area contributed by atoms with Crippen molar-refractivity contribution in [1.82, 2.24) is 4.90 Å². The van der Waals surface area contributed by atoms with E-state index in [1.807, 2.05) is 0 Å². The van der Waals surface area contributed by atoms with Gasteiger partial charge in [-0.2, -0.15) is 0 Å². The molecule has 0 aliphatic carbocycles. The summed E-state index contributed by atoms with van der Waals surface area (Å²) in [6.45, 7) is 3.26. The zero-order valence-electron chi connectivity index (χ0n) is 7.40. The first kappa shape index (κ1) is 10.3. The molecule has 0 spiro atoms. The van der Waals surface area contributed by atoms with Gasteiger partial charge in [0.2, 0.25) is 0 Å². The number of nitrogens with zero attached hydrogens (tertiary/aromatic N) is 1. The van der Waals surface area contributed by atoms with Crippen LogP contribution in [-0.4, -0.2) is 23.8 Å². The number of hydrogen-bond acceptors (Lipinski definition) is 1. The van der Waals surface area contributed by atoms with Gasteiger partial charge in [-0.1, -0.05) is 28.4 Å². The molecule has 0 aromatic heterocycles. The van der Waals surface area contributed by atoms with Crippen LogP contribution in [0.5, 0.6) is 0 Å². The molecule has 68 valence electrons. The summed E-state index contributed by atoms with van der Waals surface area (Å²) in [5.41, 5.74) is 2.81. The fraction of sp³-hybridized carbons (Fsp3) is 0.556. The fourth-order valence-corrected chi connectivity index (χ4v) is 3.14. The van der Waals surface area contributed by atoms with Gasteiger partial charge in [0.15, 0.2) is 0 Å². The van der Waals surface area contributed by atoms with Gasteiger partial charge in [0.1, 0.15) is 0 Å². The van der Waals surface area contributed by atoms with Crippen LogP contribution in [0.1, 0.15) is 13.3 Å². The third-order valence-corrected chi connectivity index (χ3v) is 3.31. The van der Waals surface area contributed by atoms with Gasteiger partial charge < -0.3 is 4.90 Å². The minimum atomic E-state index is 0.914. The minimum absolute atomic E-state index is 0.914. The number of alkyl halides is 1. The van der Waals surface area contributed by atoms with E-state index in [0.717, 1.165) is 18.3 Å². The van der Waals surface area contributed by atoms with Crippen molar-refractivity contribution in [2.45, 2.75) is 13.3 Å². The van der Waals surface area contributed by atoms with E-state index in [0.29, 0.717) is 0 Å². The van der Waals surface area contributed by atoms with Crippen molar-refractivity contribution in [1.29, 1.82) is 0 Å². The highest BCUT2D eigenvalue weighted by Gasteiger charge is 2.13. The number of hydrogen-bond donors (Lipinski definition) is 0. The lowest BCUT2D eigenvalue weighted by atomic mass is 10.1. The van der Waals surface area contributed by atoms with E-state index < -0.39 is 0 Å². The molecule has 0 bridgehead atoms. The average molecular weight is 295 g/mol. The summed E-state index contributed by atoms with van der Waals surface area (Å²) in [6.07, 6.45) is 3.37. The molecule has 12 heavy (non-hydrogen) atoms. The molecule has 0 N–H and O–H groups in total. The highest BCUT2D eigenvalue weighted by atomic mass is 79.9. The number of halogens is 2. The number of allylic oxidation sites excluding steroid dienone is 3. The topological polar surface area (TPSA) is 3.24 Å². The van der Waals surface area contributed by atoms with E-state index in [1.165, 1.54) is 15.8 Å². The van der Waals surface area contributed by atoms with Gasteiger partial charge in [0.05, 0.1) is 0 Å². The van der Waals surface area contributed by atoms with Crippen molar-refractivity contribution in [2.75, 3.05) is 18.9 Å². The quantitative estimate of drug-likeness (QED) is 0.707. The third kappa shape index (κ3) is 2.13. The molecule has 0 unspecified atom stereocenters. The first-order valence-corrected chi connectivity index (χ1v) is 5.95. The van der Waals surface area contributed by atoms with Crippen LogP contribution >= 0.6 is 31.9 Å². The first-order valence-electron chi connectivity index (χ1n) is 4.04. The van der Waals surface area contributed by atoms with Gasteiger partial charge in [0.25, 0.3) is 0 Å². The van der Waals surface area contributed by atoms with Crippen molar-refractivity contribution in [3.63, 3.8) is 0 Å². The van der Waals surface area contributed by atoms with E-state index in [2.05, 4.69) is 56.8 Å². The van der Waals surface area contributed by atoms with E-state index in [4.69, 9.17) is 0 Å². The molecule has 1 rings (SSSR count). The second kappa shape index (κ2) is 4.47. The molecular formula is C9H13Br2N. The van der Waals surface area contributed by atoms with Crippen LogP contribution in [0.3, 0.4) is 0 Å². The predicted octanol–water partition coefficient (Wildman–Crippen LogP) is 3.27. The highest BCUT2D eigenvalue weighted by molar-refractivity contribution is 9.12.